The highest BCUT2D eigenvalue weighted by atomic mass is 35.5. The Morgan fingerprint density at radius 1 is 1.33 bits per heavy atom. The number of nitrogens with one attached hydrogen (secondary N) is 1. The number of aromatic nitrogens is 2. The molecule has 0 spiro atoms. The molecule has 0 aliphatic carbocycles. The number of hydrogen-bond donors (Lipinski definition) is 2. The number of H-pyrrole nitrogens is 1. The van der Waals surface area contributed by atoms with Crippen molar-refractivity contribution in [1.29, 1.82) is 0 Å². The highest BCUT2D eigenvalue weighted by Gasteiger charge is 2.08. The van der Waals surface area contributed by atoms with Crippen molar-refractivity contribution in [2.24, 2.45) is 0 Å². The fourth-order valence-electron chi connectivity index (χ4n) is 1.38. The van der Waals surface area contributed by atoms with E-state index in [1.54, 1.807) is 12.1 Å². The molecule has 15 heavy (non-hydrogen) atoms. The van der Waals surface area contributed by atoms with Crippen molar-refractivity contribution in [1.82, 2.24) is 9.97 Å². The third-order valence-electron chi connectivity index (χ3n) is 2.04. The van der Waals surface area contributed by atoms with Crippen molar-refractivity contribution in [2.75, 3.05) is 0 Å². The van der Waals surface area contributed by atoms with Gasteiger partial charge in [-0.1, -0.05) is 24.8 Å². The van der Waals surface area contributed by atoms with Crippen molar-refractivity contribution in [2.45, 2.75) is 0 Å². The van der Waals surface area contributed by atoms with Crippen LogP contribution in [0.4, 0.5) is 0 Å². The predicted molar refractivity (Wildman–Crippen MR) is 61.0 cm³/mol. The summed E-state index contributed by atoms with van der Waals surface area (Å²) in [6.45, 7) is 7.43. The number of hydrogen-bond acceptors (Lipinski definition) is 2. The Morgan fingerprint density at radius 3 is 2.67 bits per heavy atom. The molecular weight excluding hydrogens is 212 g/mol. The summed E-state index contributed by atoms with van der Waals surface area (Å²) in [5, 5.41) is 10.8. The highest BCUT2D eigenvalue weighted by molar-refractivity contribution is 6.30. The molecule has 0 atom stereocenters. The Morgan fingerprint density at radius 2 is 2.07 bits per heavy atom. The molecule has 2 rings (SSSR count). The first-order chi connectivity index (χ1) is 7.08. The van der Waals surface area contributed by atoms with Crippen LogP contribution in [0.2, 0.25) is 5.02 Å². The summed E-state index contributed by atoms with van der Waals surface area (Å²) < 4.78 is 0. The molecule has 1 aromatic carbocycles. The van der Waals surface area contributed by atoms with Crippen LogP contribution in [-0.2, 0) is 0 Å². The lowest BCUT2D eigenvalue weighted by atomic mass is 10.1. The topological polar surface area (TPSA) is 48.9 Å². The second-order valence-corrected chi connectivity index (χ2v) is 3.61. The molecule has 0 saturated heterocycles. The number of halogens is 1. The van der Waals surface area contributed by atoms with E-state index in [0.29, 0.717) is 27.1 Å². The van der Waals surface area contributed by atoms with Gasteiger partial charge in [0, 0.05) is 10.6 Å². The van der Waals surface area contributed by atoms with E-state index in [1.807, 2.05) is 0 Å². The minimum absolute atomic E-state index is 0.121. The van der Waals surface area contributed by atoms with Gasteiger partial charge >= 0.3 is 0 Å². The average molecular weight is 221 g/mol. The van der Waals surface area contributed by atoms with E-state index in [-0.39, 0.29) is 5.75 Å². The summed E-state index contributed by atoms with van der Waals surface area (Å²) in [4.78, 5) is 7.00. The quantitative estimate of drug-likeness (QED) is 0.760. The van der Waals surface area contributed by atoms with Gasteiger partial charge in [-0.05, 0) is 18.2 Å². The monoisotopic (exact) mass is 220 g/mol. The molecule has 2 aromatic rings. The van der Waals surface area contributed by atoms with Crippen molar-refractivity contribution in [3.63, 3.8) is 0 Å². The Bertz CT molecular complexity index is 604. The fraction of sp³-hybridized carbons (Fsp3) is 0. The van der Waals surface area contributed by atoms with Crippen LogP contribution in [0.1, 0.15) is 0 Å². The van der Waals surface area contributed by atoms with Gasteiger partial charge in [0.2, 0.25) is 0 Å². The Balaban J connectivity index is 2.73. The lowest BCUT2D eigenvalue weighted by Crippen LogP contribution is -2.06. The fourth-order valence-corrected chi connectivity index (χ4v) is 1.56. The van der Waals surface area contributed by atoms with Crippen LogP contribution in [0.15, 0.2) is 18.2 Å². The highest BCUT2D eigenvalue weighted by Crippen LogP contribution is 2.27. The minimum atomic E-state index is 0.121. The molecule has 0 aliphatic rings. The number of imidazole rings is 1. The number of nitrogens with zero attached hydrogens (tertiary/aromatic N) is 1. The normalized spacial score (nSPS) is 10.5. The maximum atomic E-state index is 9.66. The maximum absolute atomic E-state index is 9.66. The Kier molecular flexibility index (Phi) is 2.25. The summed E-state index contributed by atoms with van der Waals surface area (Å²) in [6.07, 6.45) is 0. The predicted octanol–water partition coefficient (Wildman–Crippen LogP) is 1.26. The van der Waals surface area contributed by atoms with E-state index in [9.17, 15) is 5.11 Å². The number of rotatable bonds is 1. The van der Waals surface area contributed by atoms with Crippen LogP contribution in [0.3, 0.4) is 0 Å². The molecule has 1 heterocycles. The first kappa shape index (κ1) is 9.80. The van der Waals surface area contributed by atoms with E-state index >= 15 is 0 Å². The molecule has 0 fully saturated rings. The van der Waals surface area contributed by atoms with E-state index in [1.165, 1.54) is 6.07 Å². The van der Waals surface area contributed by atoms with Gasteiger partial charge in [-0.25, -0.2) is 4.98 Å². The van der Waals surface area contributed by atoms with Gasteiger partial charge < -0.3 is 10.1 Å². The van der Waals surface area contributed by atoms with Crippen molar-refractivity contribution in [3.05, 3.63) is 34.1 Å². The Hall–Kier alpha value is -1.74. The second kappa shape index (κ2) is 3.44. The van der Waals surface area contributed by atoms with Gasteiger partial charge in [-0.2, -0.15) is 0 Å². The average Bonchev–Trinajstić information content (AvgIpc) is 2.50. The van der Waals surface area contributed by atoms with Gasteiger partial charge in [0.1, 0.15) is 11.2 Å². The third-order valence-corrected chi connectivity index (χ3v) is 2.28. The molecule has 0 aliphatic heterocycles. The van der Waals surface area contributed by atoms with E-state index in [0.717, 1.165) is 0 Å². The van der Waals surface area contributed by atoms with Gasteiger partial charge in [0.05, 0.1) is 11.0 Å². The molecule has 76 valence electrons. The number of phenols is 1. The SMILES string of the molecule is C=c1nc(-c2cc(Cl)ccc2O)c(=C)[nH]1. The first-order valence-corrected chi connectivity index (χ1v) is 4.68. The number of aromatic hydroxyl groups is 1. The van der Waals surface area contributed by atoms with Crippen molar-refractivity contribution >= 4 is 24.8 Å². The van der Waals surface area contributed by atoms with E-state index in [2.05, 4.69) is 23.1 Å². The summed E-state index contributed by atoms with van der Waals surface area (Å²) in [5.74, 6) is 0.121. The van der Waals surface area contributed by atoms with Crippen LogP contribution in [0.25, 0.3) is 24.4 Å². The zero-order chi connectivity index (χ0) is 11.0. The summed E-state index contributed by atoms with van der Waals surface area (Å²) in [7, 11) is 0. The number of aromatic amines is 1. The van der Waals surface area contributed by atoms with Gasteiger partial charge in [0.25, 0.3) is 0 Å². The standard InChI is InChI=1S/C11H9ClN2O/c1-6-11(14-7(2)13-6)9-5-8(12)3-4-10(9)15/h3-5,13,15H,1-2H2. The molecule has 3 nitrogen and oxygen atoms in total. The van der Waals surface area contributed by atoms with Crippen LogP contribution in [0.5, 0.6) is 5.75 Å². The summed E-state index contributed by atoms with van der Waals surface area (Å²) >= 11 is 5.84. The largest absolute Gasteiger partial charge is 0.507 e. The van der Waals surface area contributed by atoms with E-state index < -0.39 is 0 Å². The number of benzene rings is 1. The minimum Gasteiger partial charge on any atom is -0.507 e. The third kappa shape index (κ3) is 1.74. The molecule has 0 saturated carbocycles. The summed E-state index contributed by atoms with van der Waals surface area (Å²) in [6, 6.07) is 4.77. The molecule has 1 aromatic heterocycles. The molecule has 2 N–H and O–H groups in total. The second-order valence-electron chi connectivity index (χ2n) is 3.17. The van der Waals surface area contributed by atoms with E-state index in [4.69, 9.17) is 11.6 Å². The van der Waals surface area contributed by atoms with Gasteiger partial charge in [-0.15, -0.1) is 0 Å². The molecule has 0 bridgehead atoms. The zero-order valence-corrected chi connectivity index (χ0v) is 8.67. The molecule has 4 heteroatoms. The lowest BCUT2D eigenvalue weighted by molar-refractivity contribution is 0.477. The smallest absolute Gasteiger partial charge is 0.125 e. The van der Waals surface area contributed by atoms with Crippen molar-refractivity contribution < 1.29 is 5.11 Å². The number of phenolic OH excluding ortho intramolecular Hbond substituents is 1. The first-order valence-electron chi connectivity index (χ1n) is 4.30. The van der Waals surface area contributed by atoms with Crippen LogP contribution in [-0.4, -0.2) is 15.1 Å². The van der Waals surface area contributed by atoms with Gasteiger partial charge in [0.15, 0.2) is 0 Å². The van der Waals surface area contributed by atoms with Crippen LogP contribution < -0.4 is 10.8 Å². The van der Waals surface area contributed by atoms with Crippen LogP contribution in [0, 0.1) is 0 Å². The Labute approximate surface area is 91.4 Å². The maximum Gasteiger partial charge on any atom is 0.125 e. The summed E-state index contributed by atoms with van der Waals surface area (Å²) in [5.41, 5.74) is 1.63. The molecular formula is C11H9ClN2O. The van der Waals surface area contributed by atoms with Crippen molar-refractivity contribution in [3.8, 4) is 17.0 Å². The molecule has 0 unspecified atom stereocenters. The van der Waals surface area contributed by atoms with Crippen LogP contribution >= 0.6 is 11.6 Å². The zero-order valence-electron chi connectivity index (χ0n) is 7.92. The molecule has 0 amide bonds. The molecule has 0 radical (unpaired) electrons. The lowest BCUT2D eigenvalue weighted by Gasteiger charge is -2.01. The van der Waals surface area contributed by atoms with Gasteiger partial charge in [-0.3, -0.25) is 0 Å².